The molecule has 5 nitrogen and oxygen atoms in total. The summed E-state index contributed by atoms with van der Waals surface area (Å²) in [4.78, 5) is 9.32. The number of nitrogens with two attached hydrogens (primary N) is 1. The molecule has 7 heteroatoms. The maximum atomic E-state index is 6.10. The third-order valence-electron chi connectivity index (χ3n) is 4.02. The Labute approximate surface area is 133 Å². The van der Waals surface area contributed by atoms with Crippen LogP contribution in [0.4, 0.5) is 10.8 Å². The Bertz CT molecular complexity index is 611. The van der Waals surface area contributed by atoms with Crippen molar-refractivity contribution in [3.8, 4) is 10.6 Å². The van der Waals surface area contributed by atoms with Crippen LogP contribution in [-0.4, -0.2) is 47.5 Å². The standard InChI is InChI=1S/C14H21N5S2/c1-9-8-20-13(16-9)11-12(15)17-21-14(11)19-6-4-10(5-7-19)18(2)3/h8,10H,4-7H2,1-3H3,(H2,15,17). The van der Waals surface area contributed by atoms with E-state index in [0.717, 1.165) is 29.4 Å². The van der Waals surface area contributed by atoms with E-state index >= 15 is 0 Å². The van der Waals surface area contributed by atoms with Crippen molar-refractivity contribution in [2.45, 2.75) is 25.8 Å². The lowest BCUT2D eigenvalue weighted by Gasteiger charge is -2.35. The number of anilines is 2. The van der Waals surface area contributed by atoms with Gasteiger partial charge in [-0.25, -0.2) is 4.98 Å². The molecule has 0 spiro atoms. The summed E-state index contributed by atoms with van der Waals surface area (Å²) in [5.74, 6) is 0.610. The molecule has 0 amide bonds. The Morgan fingerprint density at radius 3 is 2.62 bits per heavy atom. The van der Waals surface area contributed by atoms with Gasteiger partial charge >= 0.3 is 0 Å². The molecule has 114 valence electrons. The van der Waals surface area contributed by atoms with Crippen molar-refractivity contribution in [3.05, 3.63) is 11.1 Å². The molecule has 1 saturated heterocycles. The molecule has 0 aromatic carbocycles. The van der Waals surface area contributed by atoms with Gasteiger partial charge in [0, 0.05) is 30.2 Å². The second-order valence-electron chi connectivity index (χ2n) is 5.72. The second-order valence-corrected chi connectivity index (χ2v) is 7.33. The average molecular weight is 323 g/mol. The normalized spacial score (nSPS) is 16.9. The molecule has 21 heavy (non-hydrogen) atoms. The van der Waals surface area contributed by atoms with Crippen LogP contribution in [0.1, 0.15) is 18.5 Å². The first-order valence-electron chi connectivity index (χ1n) is 7.15. The highest BCUT2D eigenvalue weighted by Gasteiger charge is 2.26. The fourth-order valence-electron chi connectivity index (χ4n) is 2.76. The zero-order chi connectivity index (χ0) is 15.0. The number of aromatic nitrogens is 2. The monoisotopic (exact) mass is 323 g/mol. The summed E-state index contributed by atoms with van der Waals surface area (Å²) < 4.78 is 4.37. The van der Waals surface area contributed by atoms with E-state index < -0.39 is 0 Å². The molecule has 0 saturated carbocycles. The fraction of sp³-hybridized carbons (Fsp3) is 0.571. The van der Waals surface area contributed by atoms with E-state index in [1.54, 1.807) is 11.3 Å². The lowest BCUT2D eigenvalue weighted by Crippen LogP contribution is -2.41. The second kappa shape index (κ2) is 5.90. The summed E-state index contributed by atoms with van der Waals surface area (Å²) in [6, 6.07) is 0.678. The van der Waals surface area contributed by atoms with Crippen LogP contribution in [-0.2, 0) is 0 Å². The summed E-state index contributed by atoms with van der Waals surface area (Å²) in [7, 11) is 4.32. The van der Waals surface area contributed by atoms with Gasteiger partial charge in [0.15, 0.2) is 0 Å². The first-order chi connectivity index (χ1) is 10.1. The molecule has 3 rings (SSSR count). The van der Waals surface area contributed by atoms with E-state index in [9.17, 15) is 0 Å². The first-order valence-corrected chi connectivity index (χ1v) is 8.80. The number of piperidine rings is 1. The van der Waals surface area contributed by atoms with Crippen LogP contribution < -0.4 is 10.6 Å². The third-order valence-corrected chi connectivity index (χ3v) is 5.92. The topological polar surface area (TPSA) is 58.3 Å². The van der Waals surface area contributed by atoms with Crippen LogP contribution in [0.25, 0.3) is 10.6 Å². The van der Waals surface area contributed by atoms with Gasteiger partial charge in [-0.15, -0.1) is 11.3 Å². The maximum Gasteiger partial charge on any atom is 0.149 e. The summed E-state index contributed by atoms with van der Waals surface area (Å²) in [6.07, 6.45) is 2.36. The summed E-state index contributed by atoms with van der Waals surface area (Å²) >= 11 is 3.15. The summed E-state index contributed by atoms with van der Waals surface area (Å²) in [6.45, 7) is 4.13. The third kappa shape index (κ3) is 2.90. The van der Waals surface area contributed by atoms with Gasteiger partial charge in [0.25, 0.3) is 0 Å². The Morgan fingerprint density at radius 1 is 1.33 bits per heavy atom. The number of nitrogen functional groups attached to an aromatic ring is 1. The number of aryl methyl sites for hydroxylation is 1. The van der Waals surface area contributed by atoms with Crippen molar-refractivity contribution in [1.29, 1.82) is 0 Å². The van der Waals surface area contributed by atoms with Crippen LogP contribution in [0.2, 0.25) is 0 Å². The van der Waals surface area contributed by atoms with Gasteiger partial charge in [0.05, 0.1) is 5.56 Å². The van der Waals surface area contributed by atoms with Gasteiger partial charge in [-0.05, 0) is 45.4 Å². The van der Waals surface area contributed by atoms with Gasteiger partial charge in [0.2, 0.25) is 0 Å². The highest BCUT2D eigenvalue weighted by atomic mass is 32.1. The maximum absolute atomic E-state index is 6.10. The highest BCUT2D eigenvalue weighted by Crippen LogP contribution is 2.41. The van der Waals surface area contributed by atoms with E-state index in [-0.39, 0.29) is 0 Å². The quantitative estimate of drug-likeness (QED) is 0.941. The smallest absolute Gasteiger partial charge is 0.149 e. The minimum atomic E-state index is 0.610. The molecular formula is C14H21N5S2. The first kappa shape index (κ1) is 14.7. The van der Waals surface area contributed by atoms with Gasteiger partial charge < -0.3 is 15.5 Å². The molecule has 0 radical (unpaired) electrons. The number of hydrogen-bond donors (Lipinski definition) is 1. The van der Waals surface area contributed by atoms with E-state index in [1.165, 1.54) is 29.4 Å². The number of nitrogens with zero attached hydrogens (tertiary/aromatic N) is 4. The predicted octanol–water partition coefficient (Wildman–Crippen LogP) is 2.69. The van der Waals surface area contributed by atoms with E-state index in [4.69, 9.17) is 5.73 Å². The minimum absolute atomic E-state index is 0.610. The van der Waals surface area contributed by atoms with Crippen molar-refractivity contribution in [2.75, 3.05) is 37.8 Å². The molecule has 2 N–H and O–H groups in total. The Kier molecular flexibility index (Phi) is 4.14. The molecule has 3 heterocycles. The molecule has 1 aliphatic heterocycles. The predicted molar refractivity (Wildman–Crippen MR) is 91.3 cm³/mol. The zero-order valence-electron chi connectivity index (χ0n) is 12.7. The molecule has 0 bridgehead atoms. The fourth-order valence-corrected chi connectivity index (χ4v) is 4.55. The summed E-state index contributed by atoms with van der Waals surface area (Å²) in [5.41, 5.74) is 8.16. The van der Waals surface area contributed by atoms with Crippen molar-refractivity contribution in [1.82, 2.24) is 14.3 Å². The zero-order valence-corrected chi connectivity index (χ0v) is 14.3. The molecule has 1 fully saturated rings. The van der Waals surface area contributed by atoms with Gasteiger partial charge in [-0.3, -0.25) is 0 Å². The largest absolute Gasteiger partial charge is 0.382 e. The minimum Gasteiger partial charge on any atom is -0.382 e. The average Bonchev–Trinajstić information content (AvgIpc) is 3.04. The van der Waals surface area contributed by atoms with Crippen molar-refractivity contribution in [2.24, 2.45) is 0 Å². The Hall–Kier alpha value is -1.18. The van der Waals surface area contributed by atoms with Crippen LogP contribution in [0.15, 0.2) is 5.38 Å². The molecule has 2 aromatic rings. The lowest BCUT2D eigenvalue weighted by molar-refractivity contribution is 0.250. The van der Waals surface area contributed by atoms with Gasteiger partial charge in [-0.1, -0.05) is 0 Å². The van der Waals surface area contributed by atoms with Gasteiger partial charge in [0.1, 0.15) is 15.8 Å². The number of thiazole rings is 1. The van der Waals surface area contributed by atoms with E-state index in [2.05, 4.69) is 38.6 Å². The summed E-state index contributed by atoms with van der Waals surface area (Å²) in [5, 5.41) is 4.23. The van der Waals surface area contributed by atoms with Crippen molar-refractivity contribution < 1.29 is 0 Å². The van der Waals surface area contributed by atoms with Crippen LogP contribution in [0, 0.1) is 6.92 Å². The Morgan fingerprint density at radius 2 is 2.05 bits per heavy atom. The number of rotatable bonds is 3. The van der Waals surface area contributed by atoms with E-state index in [0.29, 0.717) is 11.9 Å². The Balaban J connectivity index is 1.84. The van der Waals surface area contributed by atoms with Crippen LogP contribution in [0.3, 0.4) is 0 Å². The molecular weight excluding hydrogens is 302 g/mol. The highest BCUT2D eigenvalue weighted by molar-refractivity contribution is 7.15. The SMILES string of the molecule is Cc1csc(-c2c(N)nsc2N2CCC(N(C)C)CC2)n1. The molecule has 0 atom stereocenters. The van der Waals surface area contributed by atoms with Crippen LogP contribution >= 0.6 is 22.9 Å². The van der Waals surface area contributed by atoms with Crippen molar-refractivity contribution >= 4 is 33.7 Å². The van der Waals surface area contributed by atoms with Crippen molar-refractivity contribution in [3.63, 3.8) is 0 Å². The molecule has 2 aromatic heterocycles. The van der Waals surface area contributed by atoms with Gasteiger partial charge in [-0.2, -0.15) is 4.37 Å². The van der Waals surface area contributed by atoms with E-state index in [1.807, 2.05) is 6.92 Å². The van der Waals surface area contributed by atoms with Crippen LogP contribution in [0.5, 0.6) is 0 Å². The molecule has 0 aliphatic carbocycles. The lowest BCUT2D eigenvalue weighted by atomic mass is 10.0. The molecule has 1 aliphatic rings. The molecule has 0 unspecified atom stereocenters. The number of hydrogen-bond acceptors (Lipinski definition) is 7.